The predicted octanol–water partition coefficient (Wildman–Crippen LogP) is 2.02. The number of nitrogens with zero attached hydrogens (tertiary/aromatic N) is 3. The average Bonchev–Trinajstić information content (AvgIpc) is 2.59. The standard InChI is InChI=1S/C8H9BrN4O/c9-7-2-1-6(5-7)8(14)11-3-4-12-13-10/h2,5H,1,3-4H2,(H,11,14). The summed E-state index contributed by atoms with van der Waals surface area (Å²) in [5, 5.41) is 5.96. The van der Waals surface area contributed by atoms with Gasteiger partial charge in [-0.3, -0.25) is 4.79 Å². The number of amides is 1. The largest absolute Gasteiger partial charge is 0.352 e. The van der Waals surface area contributed by atoms with Crippen LogP contribution in [-0.4, -0.2) is 19.0 Å². The Morgan fingerprint density at radius 1 is 1.79 bits per heavy atom. The summed E-state index contributed by atoms with van der Waals surface area (Å²) < 4.78 is 0.928. The first-order chi connectivity index (χ1) is 6.74. The highest BCUT2D eigenvalue weighted by Crippen LogP contribution is 2.21. The van der Waals surface area contributed by atoms with Crippen LogP contribution in [0.25, 0.3) is 10.4 Å². The second-order valence-corrected chi connectivity index (χ2v) is 3.59. The smallest absolute Gasteiger partial charge is 0.247 e. The van der Waals surface area contributed by atoms with Crippen LogP contribution < -0.4 is 5.32 Å². The van der Waals surface area contributed by atoms with Gasteiger partial charge < -0.3 is 5.32 Å². The fourth-order valence-electron chi connectivity index (χ4n) is 1.03. The van der Waals surface area contributed by atoms with Crippen LogP contribution in [0.15, 0.2) is 27.3 Å². The van der Waals surface area contributed by atoms with Gasteiger partial charge in [0.05, 0.1) is 0 Å². The van der Waals surface area contributed by atoms with Crippen LogP contribution in [0.1, 0.15) is 6.42 Å². The Balaban J connectivity index is 2.30. The van der Waals surface area contributed by atoms with Crippen molar-refractivity contribution in [1.29, 1.82) is 0 Å². The number of carbonyl (C=O) groups excluding carboxylic acids is 1. The Morgan fingerprint density at radius 3 is 3.14 bits per heavy atom. The molecule has 0 saturated carbocycles. The molecule has 0 atom stereocenters. The van der Waals surface area contributed by atoms with Crippen LogP contribution >= 0.6 is 15.9 Å². The van der Waals surface area contributed by atoms with Gasteiger partial charge in [0.2, 0.25) is 5.91 Å². The summed E-state index contributed by atoms with van der Waals surface area (Å²) in [4.78, 5) is 14.0. The van der Waals surface area contributed by atoms with Crippen molar-refractivity contribution in [2.24, 2.45) is 5.11 Å². The zero-order valence-corrected chi connectivity index (χ0v) is 8.99. The highest BCUT2D eigenvalue weighted by Gasteiger charge is 2.11. The van der Waals surface area contributed by atoms with E-state index in [0.717, 1.165) is 10.1 Å². The predicted molar refractivity (Wildman–Crippen MR) is 56.7 cm³/mol. The Kier molecular flexibility index (Phi) is 4.22. The van der Waals surface area contributed by atoms with Crippen molar-refractivity contribution in [3.05, 3.63) is 32.7 Å². The summed E-state index contributed by atoms with van der Waals surface area (Å²) >= 11 is 3.28. The molecule has 1 amide bonds. The highest BCUT2D eigenvalue weighted by molar-refractivity contribution is 9.11. The van der Waals surface area contributed by atoms with E-state index < -0.39 is 0 Å². The van der Waals surface area contributed by atoms with Gasteiger partial charge in [-0.1, -0.05) is 27.1 Å². The van der Waals surface area contributed by atoms with E-state index in [-0.39, 0.29) is 12.5 Å². The van der Waals surface area contributed by atoms with E-state index in [1.807, 2.05) is 6.08 Å². The van der Waals surface area contributed by atoms with Gasteiger partial charge in [0.1, 0.15) is 0 Å². The van der Waals surface area contributed by atoms with E-state index >= 15 is 0 Å². The highest BCUT2D eigenvalue weighted by atomic mass is 79.9. The molecule has 0 radical (unpaired) electrons. The third-order valence-corrected chi connectivity index (χ3v) is 2.23. The molecule has 0 aromatic heterocycles. The molecule has 0 fully saturated rings. The Bertz CT molecular complexity index is 341. The summed E-state index contributed by atoms with van der Waals surface area (Å²) in [6, 6.07) is 0. The van der Waals surface area contributed by atoms with Gasteiger partial charge in [0, 0.05) is 28.1 Å². The molecule has 74 valence electrons. The lowest BCUT2D eigenvalue weighted by Gasteiger charge is -2.02. The number of hydrogen-bond acceptors (Lipinski definition) is 2. The molecule has 0 aromatic rings. The topological polar surface area (TPSA) is 77.9 Å². The van der Waals surface area contributed by atoms with Gasteiger partial charge in [0.15, 0.2) is 0 Å². The van der Waals surface area contributed by atoms with Gasteiger partial charge in [-0.15, -0.1) is 0 Å². The van der Waals surface area contributed by atoms with Crippen LogP contribution in [0, 0.1) is 0 Å². The summed E-state index contributed by atoms with van der Waals surface area (Å²) in [5.74, 6) is -0.108. The van der Waals surface area contributed by atoms with Gasteiger partial charge in [-0.05, 0) is 18.0 Å². The molecule has 0 spiro atoms. The summed E-state index contributed by atoms with van der Waals surface area (Å²) in [6.45, 7) is 0.655. The number of rotatable bonds is 4. The first-order valence-electron chi connectivity index (χ1n) is 4.09. The Morgan fingerprint density at radius 2 is 2.57 bits per heavy atom. The SMILES string of the molecule is [N-]=[N+]=NCCNC(=O)C1=CC(Br)=CC1. The van der Waals surface area contributed by atoms with Crippen LogP contribution in [0.4, 0.5) is 0 Å². The number of hydrogen-bond donors (Lipinski definition) is 1. The molecular weight excluding hydrogens is 248 g/mol. The van der Waals surface area contributed by atoms with Crippen molar-refractivity contribution in [2.75, 3.05) is 13.1 Å². The maximum absolute atomic E-state index is 11.4. The maximum Gasteiger partial charge on any atom is 0.247 e. The molecule has 6 heteroatoms. The fourth-order valence-corrected chi connectivity index (χ4v) is 1.47. The zero-order chi connectivity index (χ0) is 10.4. The number of nitrogens with one attached hydrogen (secondary N) is 1. The molecule has 1 aliphatic rings. The lowest BCUT2D eigenvalue weighted by atomic mass is 10.2. The van der Waals surface area contributed by atoms with E-state index in [9.17, 15) is 4.79 Å². The molecule has 0 bridgehead atoms. The zero-order valence-electron chi connectivity index (χ0n) is 7.40. The number of carbonyl (C=O) groups is 1. The van der Waals surface area contributed by atoms with Crippen LogP contribution in [0.3, 0.4) is 0 Å². The summed E-state index contributed by atoms with van der Waals surface area (Å²) in [5.41, 5.74) is 8.72. The fraction of sp³-hybridized carbons (Fsp3) is 0.375. The molecule has 1 rings (SSSR count). The average molecular weight is 257 g/mol. The van der Waals surface area contributed by atoms with Crippen molar-refractivity contribution < 1.29 is 4.79 Å². The number of halogens is 1. The summed E-state index contributed by atoms with van der Waals surface area (Å²) in [6.07, 6.45) is 4.35. The lowest BCUT2D eigenvalue weighted by molar-refractivity contribution is -0.117. The minimum atomic E-state index is -0.108. The monoisotopic (exact) mass is 256 g/mol. The van der Waals surface area contributed by atoms with Gasteiger partial charge >= 0.3 is 0 Å². The van der Waals surface area contributed by atoms with Crippen LogP contribution in [0.5, 0.6) is 0 Å². The van der Waals surface area contributed by atoms with Crippen LogP contribution in [0.2, 0.25) is 0 Å². The molecule has 14 heavy (non-hydrogen) atoms. The van der Waals surface area contributed by atoms with Gasteiger partial charge in [-0.2, -0.15) is 0 Å². The quantitative estimate of drug-likeness (QED) is 0.355. The van der Waals surface area contributed by atoms with Gasteiger partial charge in [-0.25, -0.2) is 0 Å². The molecule has 5 nitrogen and oxygen atoms in total. The number of azide groups is 1. The first kappa shape index (κ1) is 10.8. The van der Waals surface area contributed by atoms with E-state index in [0.29, 0.717) is 13.0 Å². The second kappa shape index (κ2) is 5.47. The molecule has 1 aliphatic carbocycles. The maximum atomic E-state index is 11.4. The molecule has 0 saturated heterocycles. The minimum absolute atomic E-state index is 0.108. The second-order valence-electron chi connectivity index (χ2n) is 2.67. The number of allylic oxidation sites excluding steroid dienone is 3. The van der Waals surface area contributed by atoms with Gasteiger partial charge in [0.25, 0.3) is 0 Å². The Hall–Kier alpha value is -1.26. The van der Waals surface area contributed by atoms with Crippen molar-refractivity contribution in [1.82, 2.24) is 5.32 Å². The van der Waals surface area contributed by atoms with E-state index in [1.165, 1.54) is 0 Å². The molecular formula is C8H9BrN4O. The summed E-state index contributed by atoms with van der Waals surface area (Å²) in [7, 11) is 0. The Labute approximate surface area is 89.6 Å². The van der Waals surface area contributed by atoms with Crippen molar-refractivity contribution in [2.45, 2.75) is 6.42 Å². The lowest BCUT2D eigenvalue weighted by Crippen LogP contribution is -2.26. The third kappa shape index (κ3) is 3.24. The van der Waals surface area contributed by atoms with E-state index in [1.54, 1.807) is 6.08 Å². The van der Waals surface area contributed by atoms with E-state index in [4.69, 9.17) is 5.53 Å². The molecule has 0 aliphatic heterocycles. The molecule has 0 heterocycles. The van der Waals surface area contributed by atoms with E-state index in [2.05, 4.69) is 31.3 Å². The van der Waals surface area contributed by atoms with Crippen molar-refractivity contribution in [3.8, 4) is 0 Å². The van der Waals surface area contributed by atoms with Crippen molar-refractivity contribution in [3.63, 3.8) is 0 Å². The van der Waals surface area contributed by atoms with Crippen LogP contribution in [-0.2, 0) is 4.79 Å². The normalized spacial score (nSPS) is 14.1. The molecule has 1 N–H and O–H groups in total. The first-order valence-corrected chi connectivity index (χ1v) is 4.88. The minimum Gasteiger partial charge on any atom is -0.352 e. The molecule has 0 unspecified atom stereocenters. The van der Waals surface area contributed by atoms with Crippen molar-refractivity contribution >= 4 is 21.8 Å². The third-order valence-electron chi connectivity index (χ3n) is 1.68. The molecule has 0 aromatic carbocycles.